The third-order valence-electron chi connectivity index (χ3n) is 1.95. The third kappa shape index (κ3) is 7.79. The lowest BCUT2D eigenvalue weighted by Gasteiger charge is -2.08. The van der Waals surface area contributed by atoms with Crippen LogP contribution in [0.1, 0.15) is 33.1 Å². The van der Waals surface area contributed by atoms with Gasteiger partial charge < -0.3 is 10.6 Å². The summed E-state index contributed by atoms with van der Waals surface area (Å²) in [5.74, 6) is -0.0672. The fraction of sp³-hybridized carbons (Fsp3) is 0.583. The Balaban J connectivity index is 3.36. The smallest absolute Gasteiger partial charge is 0.246 e. The van der Waals surface area contributed by atoms with Crippen molar-refractivity contribution < 1.29 is 4.79 Å². The summed E-state index contributed by atoms with van der Waals surface area (Å²) in [5.41, 5.74) is 1.63. The maximum atomic E-state index is 11.1. The second-order valence-electron chi connectivity index (χ2n) is 3.67. The van der Waals surface area contributed by atoms with Crippen molar-refractivity contribution in [3.8, 4) is 0 Å². The molecule has 0 aliphatic rings. The number of nitrogens with one attached hydrogen (secondary N) is 2. The van der Waals surface area contributed by atoms with E-state index in [-0.39, 0.29) is 5.91 Å². The van der Waals surface area contributed by atoms with Crippen molar-refractivity contribution >= 4 is 5.91 Å². The molecule has 0 bridgehead atoms. The molecule has 0 radical (unpaired) electrons. The Morgan fingerprint density at radius 1 is 1.20 bits per heavy atom. The largest absolute Gasteiger partial charge is 0.389 e. The van der Waals surface area contributed by atoms with Gasteiger partial charge in [0.15, 0.2) is 0 Å². The van der Waals surface area contributed by atoms with Gasteiger partial charge in [0.05, 0.1) is 0 Å². The van der Waals surface area contributed by atoms with Crippen molar-refractivity contribution in [2.24, 2.45) is 0 Å². The molecule has 0 heterocycles. The van der Waals surface area contributed by atoms with Crippen LogP contribution in [0.25, 0.3) is 0 Å². The van der Waals surface area contributed by atoms with Gasteiger partial charge in [0.25, 0.3) is 0 Å². The lowest BCUT2D eigenvalue weighted by molar-refractivity contribution is -0.117. The molecule has 0 aliphatic carbocycles. The summed E-state index contributed by atoms with van der Waals surface area (Å²) >= 11 is 0. The van der Waals surface area contributed by atoms with E-state index in [0.717, 1.165) is 31.5 Å². The lowest BCUT2D eigenvalue weighted by Crippen LogP contribution is -2.27. The Bertz CT molecular complexity index is 234. The van der Waals surface area contributed by atoms with E-state index in [1.54, 1.807) is 6.92 Å². The monoisotopic (exact) mass is 210 g/mol. The molecule has 0 spiro atoms. The van der Waals surface area contributed by atoms with Gasteiger partial charge in [-0.25, -0.2) is 0 Å². The van der Waals surface area contributed by atoms with Gasteiger partial charge >= 0.3 is 0 Å². The first kappa shape index (κ1) is 13.8. The number of carbonyl (C=O) groups is 1. The molecule has 1 amide bonds. The molecule has 3 nitrogen and oxygen atoms in total. The van der Waals surface area contributed by atoms with Crippen molar-refractivity contribution in [1.82, 2.24) is 10.6 Å². The van der Waals surface area contributed by atoms with Gasteiger partial charge in [-0.3, -0.25) is 4.79 Å². The van der Waals surface area contributed by atoms with Gasteiger partial charge in [-0.2, -0.15) is 0 Å². The van der Waals surface area contributed by atoms with Crippen LogP contribution in [0.4, 0.5) is 0 Å². The molecule has 86 valence electrons. The van der Waals surface area contributed by atoms with E-state index in [9.17, 15) is 4.79 Å². The van der Waals surface area contributed by atoms with Gasteiger partial charge in [0.2, 0.25) is 5.91 Å². The highest BCUT2D eigenvalue weighted by Crippen LogP contribution is 1.96. The van der Waals surface area contributed by atoms with Crippen molar-refractivity contribution in [2.75, 3.05) is 13.1 Å². The number of allylic oxidation sites excluding steroid dienone is 1. The van der Waals surface area contributed by atoms with Crippen molar-refractivity contribution in [1.29, 1.82) is 0 Å². The van der Waals surface area contributed by atoms with E-state index >= 15 is 0 Å². The molecule has 0 aromatic heterocycles. The molecule has 15 heavy (non-hydrogen) atoms. The van der Waals surface area contributed by atoms with Gasteiger partial charge in [0, 0.05) is 24.4 Å². The molecule has 0 rings (SSSR count). The summed E-state index contributed by atoms with van der Waals surface area (Å²) < 4.78 is 0. The summed E-state index contributed by atoms with van der Waals surface area (Å²) in [4.78, 5) is 11.1. The number of rotatable bonds is 8. The van der Waals surface area contributed by atoms with Crippen LogP contribution in [-0.2, 0) is 4.79 Å². The molecule has 0 aromatic rings. The second-order valence-corrected chi connectivity index (χ2v) is 3.67. The summed E-state index contributed by atoms with van der Waals surface area (Å²) in [7, 11) is 0. The van der Waals surface area contributed by atoms with Crippen LogP contribution in [0.3, 0.4) is 0 Å². The van der Waals surface area contributed by atoms with Crippen molar-refractivity contribution in [3.63, 3.8) is 0 Å². The molecule has 3 heteroatoms. The number of amides is 1. The van der Waals surface area contributed by atoms with Crippen LogP contribution in [-0.4, -0.2) is 19.0 Å². The lowest BCUT2D eigenvalue weighted by atomic mass is 10.2. The minimum Gasteiger partial charge on any atom is -0.389 e. The number of hydrogen-bond acceptors (Lipinski definition) is 2. The Labute approximate surface area is 92.6 Å². The van der Waals surface area contributed by atoms with Gasteiger partial charge in [-0.05, 0) is 19.8 Å². The standard InChI is InChI=1S/C12H22N2O/c1-5-7-11(4)13-8-6-9-14-12(15)10(2)3/h13H,2,4-9H2,1,3H3,(H,14,15). The minimum absolute atomic E-state index is 0.0672. The summed E-state index contributed by atoms with van der Waals surface area (Å²) in [6, 6.07) is 0. The Hall–Kier alpha value is -1.25. The first-order valence-corrected chi connectivity index (χ1v) is 5.43. The Morgan fingerprint density at radius 2 is 1.80 bits per heavy atom. The van der Waals surface area contributed by atoms with Gasteiger partial charge in [-0.1, -0.05) is 26.5 Å². The predicted octanol–water partition coefficient (Wildman–Crippen LogP) is 1.97. The van der Waals surface area contributed by atoms with Crippen LogP contribution < -0.4 is 10.6 Å². The fourth-order valence-electron chi connectivity index (χ4n) is 1.10. The van der Waals surface area contributed by atoms with E-state index in [2.05, 4.69) is 30.7 Å². The van der Waals surface area contributed by atoms with Crippen molar-refractivity contribution in [2.45, 2.75) is 33.1 Å². The van der Waals surface area contributed by atoms with Crippen LogP contribution in [0.5, 0.6) is 0 Å². The summed E-state index contributed by atoms with van der Waals surface area (Å²) in [6.07, 6.45) is 3.03. The first-order chi connectivity index (χ1) is 7.07. The zero-order valence-electron chi connectivity index (χ0n) is 9.86. The molecule has 0 unspecified atom stereocenters. The number of hydrogen-bond donors (Lipinski definition) is 2. The molecular formula is C12H22N2O. The highest BCUT2D eigenvalue weighted by molar-refractivity contribution is 5.91. The van der Waals surface area contributed by atoms with Crippen molar-refractivity contribution in [3.05, 3.63) is 24.4 Å². The van der Waals surface area contributed by atoms with Crippen LogP contribution in [0, 0.1) is 0 Å². The highest BCUT2D eigenvalue weighted by atomic mass is 16.1. The SMILES string of the molecule is C=C(CCC)NCCCNC(=O)C(=C)C. The van der Waals surface area contributed by atoms with Crippen LogP contribution in [0.15, 0.2) is 24.4 Å². The quantitative estimate of drug-likeness (QED) is 0.475. The Kier molecular flexibility index (Phi) is 7.42. The average molecular weight is 210 g/mol. The maximum absolute atomic E-state index is 11.1. The van der Waals surface area contributed by atoms with E-state index in [0.29, 0.717) is 12.1 Å². The highest BCUT2D eigenvalue weighted by Gasteiger charge is 1.99. The zero-order chi connectivity index (χ0) is 11.7. The molecule has 0 aromatic carbocycles. The molecule has 0 saturated carbocycles. The van der Waals surface area contributed by atoms with Crippen LogP contribution >= 0.6 is 0 Å². The van der Waals surface area contributed by atoms with Gasteiger partial charge in [-0.15, -0.1) is 0 Å². The topological polar surface area (TPSA) is 41.1 Å². The van der Waals surface area contributed by atoms with E-state index in [1.807, 2.05) is 0 Å². The minimum atomic E-state index is -0.0672. The third-order valence-corrected chi connectivity index (χ3v) is 1.95. The fourth-order valence-corrected chi connectivity index (χ4v) is 1.10. The normalized spacial score (nSPS) is 9.47. The first-order valence-electron chi connectivity index (χ1n) is 5.43. The summed E-state index contributed by atoms with van der Waals surface area (Å²) in [5, 5.41) is 6.00. The predicted molar refractivity (Wildman–Crippen MR) is 64.5 cm³/mol. The second kappa shape index (κ2) is 8.09. The van der Waals surface area contributed by atoms with E-state index in [1.165, 1.54) is 0 Å². The molecule has 2 N–H and O–H groups in total. The molecular weight excluding hydrogens is 188 g/mol. The molecule has 0 atom stereocenters. The molecule has 0 fully saturated rings. The van der Waals surface area contributed by atoms with Gasteiger partial charge in [0.1, 0.15) is 0 Å². The molecule has 0 aliphatic heterocycles. The molecule has 0 saturated heterocycles. The van der Waals surface area contributed by atoms with E-state index < -0.39 is 0 Å². The van der Waals surface area contributed by atoms with E-state index in [4.69, 9.17) is 0 Å². The number of carbonyl (C=O) groups excluding carboxylic acids is 1. The zero-order valence-corrected chi connectivity index (χ0v) is 9.86. The average Bonchev–Trinajstić information content (AvgIpc) is 2.17. The Morgan fingerprint density at radius 3 is 2.33 bits per heavy atom. The van der Waals surface area contributed by atoms with Crippen LogP contribution in [0.2, 0.25) is 0 Å². The summed E-state index contributed by atoms with van der Waals surface area (Å²) in [6.45, 7) is 12.8. The maximum Gasteiger partial charge on any atom is 0.246 e.